The fraction of sp³-hybridized carbons (Fsp3) is 0.0769. The third-order valence-corrected chi connectivity index (χ3v) is 4.19. The summed E-state index contributed by atoms with van der Waals surface area (Å²) < 4.78 is 0. The summed E-state index contributed by atoms with van der Waals surface area (Å²) in [6.07, 6.45) is 0. The molecule has 0 saturated carbocycles. The van der Waals surface area contributed by atoms with E-state index in [1.54, 1.807) is 6.07 Å². The summed E-state index contributed by atoms with van der Waals surface area (Å²) in [5.41, 5.74) is 0. The van der Waals surface area contributed by atoms with Gasteiger partial charge in [-0.25, -0.2) is 4.79 Å². The molecule has 0 radical (unpaired) electrons. The first-order valence-corrected chi connectivity index (χ1v) is 7.26. The predicted molar refractivity (Wildman–Crippen MR) is 77.1 cm³/mol. The molecule has 2 N–H and O–H groups in total. The summed E-state index contributed by atoms with van der Waals surface area (Å²) in [6.45, 7) is 0. The van der Waals surface area contributed by atoms with E-state index in [1.165, 1.54) is 17.8 Å². The highest BCUT2D eigenvalue weighted by molar-refractivity contribution is 8.00. The maximum atomic E-state index is 11.7. The maximum absolute atomic E-state index is 11.7. The Balaban J connectivity index is 1.85. The second-order valence-corrected chi connectivity index (χ2v) is 5.75. The zero-order chi connectivity index (χ0) is 13.7. The fourth-order valence-corrected chi connectivity index (χ4v) is 2.84. The molecule has 0 bridgehead atoms. The molecule has 0 unspecified atom stereocenters. The van der Waals surface area contributed by atoms with Crippen LogP contribution in [0.5, 0.6) is 0 Å². The van der Waals surface area contributed by atoms with E-state index in [4.69, 9.17) is 5.11 Å². The van der Waals surface area contributed by atoms with Crippen LogP contribution in [-0.4, -0.2) is 22.7 Å². The third-order valence-electron chi connectivity index (χ3n) is 2.19. The van der Waals surface area contributed by atoms with Crippen LogP contribution in [0.15, 0.2) is 47.4 Å². The van der Waals surface area contributed by atoms with E-state index in [0.29, 0.717) is 10.8 Å². The third kappa shape index (κ3) is 4.11. The molecule has 0 fully saturated rings. The van der Waals surface area contributed by atoms with E-state index in [9.17, 15) is 9.59 Å². The molecule has 0 atom stereocenters. The molecule has 2 aromatic rings. The van der Waals surface area contributed by atoms with Crippen LogP contribution in [0.3, 0.4) is 0 Å². The average molecular weight is 293 g/mol. The molecule has 0 aliphatic carbocycles. The van der Waals surface area contributed by atoms with Crippen molar-refractivity contribution in [2.24, 2.45) is 0 Å². The summed E-state index contributed by atoms with van der Waals surface area (Å²) in [5.74, 6) is -0.832. The Morgan fingerprint density at radius 1 is 1.16 bits per heavy atom. The number of carboxylic acid groups (broad SMARTS) is 1. The molecule has 1 amide bonds. The highest BCUT2D eigenvalue weighted by Crippen LogP contribution is 2.23. The molecule has 98 valence electrons. The molecule has 4 nitrogen and oxygen atoms in total. The van der Waals surface area contributed by atoms with Crippen molar-refractivity contribution in [3.63, 3.8) is 0 Å². The molecule has 0 spiro atoms. The number of hydrogen-bond donors (Lipinski definition) is 2. The molecule has 1 aromatic carbocycles. The number of thiophene rings is 1. The van der Waals surface area contributed by atoms with Crippen molar-refractivity contribution in [3.8, 4) is 0 Å². The van der Waals surface area contributed by atoms with Crippen LogP contribution in [0.4, 0.5) is 5.00 Å². The Labute approximate surface area is 118 Å². The van der Waals surface area contributed by atoms with Crippen molar-refractivity contribution in [2.45, 2.75) is 4.90 Å². The molecule has 19 heavy (non-hydrogen) atoms. The van der Waals surface area contributed by atoms with Crippen LogP contribution in [0, 0.1) is 0 Å². The number of carbonyl (C=O) groups is 2. The minimum atomic E-state index is -0.982. The standard InChI is InChI=1S/C13H11NO3S2/c15-11(8-18-9-4-2-1-3-5-9)14-12-7-6-10(19-12)13(16)17/h1-7H,8H2,(H,14,15)(H,16,17). The zero-order valence-corrected chi connectivity index (χ0v) is 11.5. The van der Waals surface area contributed by atoms with E-state index in [-0.39, 0.29) is 10.8 Å². The summed E-state index contributed by atoms with van der Waals surface area (Å²) in [6, 6.07) is 12.7. The number of amides is 1. The lowest BCUT2D eigenvalue weighted by atomic mass is 10.4. The van der Waals surface area contributed by atoms with Crippen molar-refractivity contribution in [3.05, 3.63) is 47.3 Å². The first kappa shape index (κ1) is 13.6. The monoisotopic (exact) mass is 293 g/mol. The Kier molecular flexibility index (Phi) is 4.59. The minimum absolute atomic E-state index is 0.146. The summed E-state index contributed by atoms with van der Waals surface area (Å²) >= 11 is 2.49. The molecule has 0 aliphatic rings. The largest absolute Gasteiger partial charge is 0.477 e. The number of benzene rings is 1. The van der Waals surface area contributed by atoms with Crippen LogP contribution in [0.1, 0.15) is 9.67 Å². The highest BCUT2D eigenvalue weighted by atomic mass is 32.2. The fourth-order valence-electron chi connectivity index (χ4n) is 1.36. The molecule has 1 heterocycles. The van der Waals surface area contributed by atoms with Gasteiger partial charge in [0.05, 0.1) is 10.8 Å². The molecule has 6 heteroatoms. The van der Waals surface area contributed by atoms with Gasteiger partial charge in [-0.15, -0.1) is 23.1 Å². The molecule has 1 aromatic heterocycles. The number of nitrogens with one attached hydrogen (secondary N) is 1. The second-order valence-electron chi connectivity index (χ2n) is 3.62. The SMILES string of the molecule is O=C(CSc1ccccc1)Nc1ccc(C(=O)O)s1. The number of hydrogen-bond acceptors (Lipinski definition) is 4. The van der Waals surface area contributed by atoms with Crippen molar-refractivity contribution < 1.29 is 14.7 Å². The van der Waals surface area contributed by atoms with Gasteiger partial charge in [0.2, 0.25) is 5.91 Å². The molecule has 2 rings (SSSR count). The number of carbonyl (C=O) groups excluding carboxylic acids is 1. The van der Waals surface area contributed by atoms with E-state index in [0.717, 1.165) is 16.2 Å². The number of thioether (sulfide) groups is 1. The lowest BCUT2D eigenvalue weighted by molar-refractivity contribution is -0.113. The average Bonchev–Trinajstić information content (AvgIpc) is 2.86. The van der Waals surface area contributed by atoms with Crippen molar-refractivity contribution in [1.82, 2.24) is 0 Å². The number of carboxylic acids is 1. The van der Waals surface area contributed by atoms with Crippen LogP contribution in [-0.2, 0) is 4.79 Å². The first-order chi connectivity index (χ1) is 9.15. The van der Waals surface area contributed by atoms with Crippen LogP contribution in [0.2, 0.25) is 0 Å². The van der Waals surface area contributed by atoms with Crippen molar-refractivity contribution in [2.75, 3.05) is 11.1 Å². The van der Waals surface area contributed by atoms with E-state index in [2.05, 4.69) is 5.32 Å². The Bertz CT molecular complexity index is 581. The van der Waals surface area contributed by atoms with E-state index in [1.807, 2.05) is 30.3 Å². The van der Waals surface area contributed by atoms with E-state index >= 15 is 0 Å². The summed E-state index contributed by atoms with van der Waals surface area (Å²) in [7, 11) is 0. The normalized spacial score (nSPS) is 10.1. The van der Waals surface area contributed by atoms with Gasteiger partial charge >= 0.3 is 5.97 Å². The van der Waals surface area contributed by atoms with E-state index < -0.39 is 5.97 Å². The quantitative estimate of drug-likeness (QED) is 0.831. The first-order valence-electron chi connectivity index (χ1n) is 5.46. The number of aromatic carboxylic acids is 1. The Morgan fingerprint density at radius 2 is 1.89 bits per heavy atom. The van der Waals surface area contributed by atoms with Gasteiger partial charge < -0.3 is 10.4 Å². The van der Waals surface area contributed by atoms with Gasteiger partial charge in [-0.1, -0.05) is 18.2 Å². The van der Waals surface area contributed by atoms with Gasteiger partial charge in [-0.3, -0.25) is 4.79 Å². The number of rotatable bonds is 5. The second kappa shape index (κ2) is 6.40. The highest BCUT2D eigenvalue weighted by Gasteiger charge is 2.09. The lowest BCUT2D eigenvalue weighted by Gasteiger charge is -2.02. The zero-order valence-electron chi connectivity index (χ0n) is 9.83. The molecule has 0 aliphatic heterocycles. The lowest BCUT2D eigenvalue weighted by Crippen LogP contribution is -2.12. The smallest absolute Gasteiger partial charge is 0.345 e. The van der Waals surface area contributed by atoms with Gasteiger partial charge in [-0.05, 0) is 24.3 Å². The van der Waals surface area contributed by atoms with Crippen LogP contribution >= 0.6 is 23.1 Å². The summed E-state index contributed by atoms with van der Waals surface area (Å²) in [4.78, 5) is 23.6. The Morgan fingerprint density at radius 3 is 2.53 bits per heavy atom. The van der Waals surface area contributed by atoms with Crippen LogP contribution < -0.4 is 5.32 Å². The topological polar surface area (TPSA) is 66.4 Å². The summed E-state index contributed by atoms with van der Waals surface area (Å²) in [5, 5.41) is 12.0. The Hall–Kier alpha value is -1.79. The number of anilines is 1. The molecular formula is C13H11NO3S2. The van der Waals surface area contributed by atoms with Gasteiger partial charge in [0.1, 0.15) is 4.88 Å². The van der Waals surface area contributed by atoms with Crippen LogP contribution in [0.25, 0.3) is 0 Å². The van der Waals surface area contributed by atoms with Crippen molar-refractivity contribution in [1.29, 1.82) is 0 Å². The molecular weight excluding hydrogens is 282 g/mol. The predicted octanol–water partition coefficient (Wildman–Crippen LogP) is 3.18. The van der Waals surface area contributed by atoms with Crippen molar-refractivity contribution >= 4 is 40.0 Å². The molecule has 0 saturated heterocycles. The van der Waals surface area contributed by atoms with Gasteiger partial charge in [0.15, 0.2) is 0 Å². The van der Waals surface area contributed by atoms with Gasteiger partial charge in [0, 0.05) is 4.90 Å². The van der Waals surface area contributed by atoms with Gasteiger partial charge in [-0.2, -0.15) is 0 Å². The minimum Gasteiger partial charge on any atom is -0.477 e. The maximum Gasteiger partial charge on any atom is 0.345 e. The van der Waals surface area contributed by atoms with Gasteiger partial charge in [0.25, 0.3) is 0 Å².